The van der Waals surface area contributed by atoms with Gasteiger partial charge in [0.25, 0.3) is 0 Å². The predicted octanol–water partition coefficient (Wildman–Crippen LogP) is 6.51. The minimum absolute atomic E-state index is 0.114. The molecule has 2 heterocycles. The zero-order chi connectivity index (χ0) is 26.0. The van der Waals surface area contributed by atoms with E-state index in [1.807, 2.05) is 53.4 Å². The normalized spacial score (nSPS) is 16.8. The van der Waals surface area contributed by atoms with Crippen molar-refractivity contribution in [3.05, 3.63) is 82.0 Å². The zero-order valence-electron chi connectivity index (χ0n) is 20.1. The lowest BCUT2D eigenvalue weighted by atomic mass is 9.79. The van der Waals surface area contributed by atoms with E-state index < -0.39 is 11.9 Å². The molecule has 0 atom stereocenters. The second kappa shape index (κ2) is 10.5. The van der Waals surface area contributed by atoms with Crippen molar-refractivity contribution < 1.29 is 13.2 Å². The summed E-state index contributed by atoms with van der Waals surface area (Å²) in [4.78, 5) is 9.98. The van der Waals surface area contributed by atoms with Gasteiger partial charge in [-0.2, -0.15) is 18.2 Å². The summed E-state index contributed by atoms with van der Waals surface area (Å²) in [5.74, 6) is 0.0451. The standard InChI is InChI=1S/C27H27ClF3N5S/c28-21-9-7-20(8-10-21)26(12-3-4-13-26)17-32-25(37)35-24-33-22(27(29,30)31)15-23(34-24)36-14-11-18-5-1-2-6-19(18)16-36/h1-2,5-10,15H,3-4,11-14,16-17H2,(H2,32,33,34,35,37). The monoisotopic (exact) mass is 545 g/mol. The number of halogens is 4. The molecule has 1 aliphatic carbocycles. The van der Waals surface area contributed by atoms with Gasteiger partial charge in [0.15, 0.2) is 10.8 Å². The van der Waals surface area contributed by atoms with E-state index >= 15 is 0 Å². The number of rotatable bonds is 5. The maximum absolute atomic E-state index is 13.7. The molecule has 2 aromatic carbocycles. The number of hydrogen-bond donors (Lipinski definition) is 2. The van der Waals surface area contributed by atoms with Crippen molar-refractivity contribution in [3.63, 3.8) is 0 Å². The predicted molar refractivity (Wildman–Crippen MR) is 144 cm³/mol. The Hall–Kier alpha value is -2.91. The third-order valence-corrected chi connectivity index (χ3v) is 7.79. The lowest BCUT2D eigenvalue weighted by Crippen LogP contribution is -2.41. The SMILES string of the molecule is FC(F)(F)c1cc(N2CCc3ccccc3C2)nc(NC(=S)NCC2(c3ccc(Cl)cc3)CCCC2)n1. The van der Waals surface area contributed by atoms with Crippen LogP contribution in [0, 0.1) is 0 Å². The Kier molecular flexibility index (Phi) is 7.27. The van der Waals surface area contributed by atoms with Crippen molar-refractivity contribution >= 4 is 40.7 Å². The Morgan fingerprint density at radius 1 is 1.03 bits per heavy atom. The van der Waals surface area contributed by atoms with Gasteiger partial charge in [-0.3, -0.25) is 0 Å². The minimum Gasteiger partial charge on any atom is -0.361 e. The number of anilines is 2. The summed E-state index contributed by atoms with van der Waals surface area (Å²) in [6.07, 6.45) is 0.305. The molecule has 0 radical (unpaired) electrons. The van der Waals surface area contributed by atoms with Crippen LogP contribution in [0.2, 0.25) is 5.02 Å². The molecule has 37 heavy (non-hydrogen) atoms. The summed E-state index contributed by atoms with van der Waals surface area (Å²) in [5, 5.41) is 6.88. The van der Waals surface area contributed by atoms with E-state index in [0.717, 1.165) is 43.7 Å². The molecule has 0 amide bonds. The number of nitrogens with zero attached hydrogens (tertiary/aromatic N) is 3. The maximum Gasteiger partial charge on any atom is 0.433 e. The molecule has 2 aliphatic rings. The molecular formula is C27H27ClF3N5S. The first-order chi connectivity index (χ1) is 17.7. The number of thiocarbonyl (C=S) groups is 1. The molecule has 1 aromatic heterocycles. The average molecular weight is 546 g/mol. The van der Waals surface area contributed by atoms with Gasteiger partial charge in [0.1, 0.15) is 5.82 Å². The fraction of sp³-hybridized carbons (Fsp3) is 0.370. The Morgan fingerprint density at radius 2 is 1.73 bits per heavy atom. The maximum atomic E-state index is 13.7. The number of benzene rings is 2. The molecule has 5 rings (SSSR count). The van der Waals surface area contributed by atoms with Gasteiger partial charge < -0.3 is 15.5 Å². The van der Waals surface area contributed by atoms with Gasteiger partial charge in [0.2, 0.25) is 5.95 Å². The van der Waals surface area contributed by atoms with E-state index in [-0.39, 0.29) is 22.3 Å². The molecule has 1 saturated carbocycles. The third-order valence-electron chi connectivity index (χ3n) is 7.29. The van der Waals surface area contributed by atoms with Crippen LogP contribution in [0.5, 0.6) is 0 Å². The van der Waals surface area contributed by atoms with Gasteiger partial charge in [-0.1, -0.05) is 60.8 Å². The van der Waals surface area contributed by atoms with E-state index in [9.17, 15) is 13.2 Å². The van der Waals surface area contributed by atoms with Crippen LogP contribution in [0.3, 0.4) is 0 Å². The molecule has 10 heteroatoms. The molecule has 0 unspecified atom stereocenters. The summed E-state index contributed by atoms with van der Waals surface area (Å²) in [6.45, 7) is 1.60. The third kappa shape index (κ3) is 5.83. The highest BCUT2D eigenvalue weighted by Gasteiger charge is 2.36. The van der Waals surface area contributed by atoms with E-state index in [4.69, 9.17) is 23.8 Å². The molecule has 3 aromatic rings. The fourth-order valence-electron chi connectivity index (χ4n) is 5.31. The number of alkyl halides is 3. The highest BCUT2D eigenvalue weighted by atomic mass is 35.5. The number of nitrogens with one attached hydrogen (secondary N) is 2. The summed E-state index contributed by atoms with van der Waals surface area (Å²) >= 11 is 11.5. The molecular weight excluding hydrogens is 519 g/mol. The highest BCUT2D eigenvalue weighted by Crippen LogP contribution is 2.41. The van der Waals surface area contributed by atoms with Crippen LogP contribution in [-0.4, -0.2) is 28.2 Å². The molecule has 1 aliphatic heterocycles. The van der Waals surface area contributed by atoms with Crippen LogP contribution in [0.1, 0.15) is 48.1 Å². The van der Waals surface area contributed by atoms with Crippen molar-refractivity contribution in [3.8, 4) is 0 Å². The summed E-state index contributed by atoms with van der Waals surface area (Å²) < 4.78 is 41.1. The molecule has 0 saturated heterocycles. The van der Waals surface area contributed by atoms with Crippen LogP contribution in [0.25, 0.3) is 0 Å². The largest absolute Gasteiger partial charge is 0.433 e. The molecule has 194 valence electrons. The van der Waals surface area contributed by atoms with Crippen molar-refractivity contribution in [2.45, 2.75) is 50.2 Å². The van der Waals surface area contributed by atoms with Crippen molar-refractivity contribution in [1.82, 2.24) is 15.3 Å². The first kappa shape index (κ1) is 25.7. The lowest BCUT2D eigenvalue weighted by molar-refractivity contribution is -0.141. The molecule has 5 nitrogen and oxygen atoms in total. The van der Waals surface area contributed by atoms with Gasteiger partial charge in [-0.05, 0) is 60.3 Å². The van der Waals surface area contributed by atoms with Crippen LogP contribution < -0.4 is 15.5 Å². The Labute approximate surface area is 224 Å². The summed E-state index contributed by atoms with van der Waals surface area (Å²) in [7, 11) is 0. The minimum atomic E-state index is -4.61. The molecule has 2 N–H and O–H groups in total. The first-order valence-corrected chi connectivity index (χ1v) is 13.1. The topological polar surface area (TPSA) is 53.1 Å². The van der Waals surface area contributed by atoms with E-state index in [2.05, 4.69) is 20.6 Å². The number of aromatic nitrogens is 2. The van der Waals surface area contributed by atoms with Crippen molar-refractivity contribution in [1.29, 1.82) is 0 Å². The average Bonchev–Trinajstić information content (AvgIpc) is 3.37. The summed E-state index contributed by atoms with van der Waals surface area (Å²) in [6, 6.07) is 16.8. The smallest absolute Gasteiger partial charge is 0.361 e. The van der Waals surface area contributed by atoms with Crippen molar-refractivity contribution in [2.24, 2.45) is 0 Å². The lowest BCUT2D eigenvalue weighted by Gasteiger charge is -2.31. The van der Waals surface area contributed by atoms with Gasteiger partial charge in [0, 0.05) is 36.1 Å². The van der Waals surface area contributed by atoms with Crippen LogP contribution in [0.4, 0.5) is 24.9 Å². The second-order valence-electron chi connectivity index (χ2n) is 9.68. The quantitative estimate of drug-likeness (QED) is 0.356. The Balaban J connectivity index is 1.33. The van der Waals surface area contributed by atoms with E-state index in [1.165, 1.54) is 11.1 Å². The first-order valence-electron chi connectivity index (χ1n) is 12.3. The zero-order valence-corrected chi connectivity index (χ0v) is 21.7. The summed E-state index contributed by atoms with van der Waals surface area (Å²) in [5.41, 5.74) is 2.34. The Bertz CT molecular complexity index is 1280. The van der Waals surface area contributed by atoms with Gasteiger partial charge in [-0.25, -0.2) is 4.98 Å². The van der Waals surface area contributed by atoms with Crippen molar-refractivity contribution in [2.75, 3.05) is 23.3 Å². The van der Waals surface area contributed by atoms with Gasteiger partial charge in [0.05, 0.1) is 0 Å². The van der Waals surface area contributed by atoms with E-state index in [0.29, 0.717) is 24.7 Å². The fourth-order valence-corrected chi connectivity index (χ4v) is 5.60. The number of fused-ring (bicyclic) bond motifs is 1. The molecule has 0 bridgehead atoms. The van der Waals surface area contributed by atoms with E-state index in [1.54, 1.807) is 0 Å². The van der Waals surface area contributed by atoms with Gasteiger partial charge >= 0.3 is 6.18 Å². The highest BCUT2D eigenvalue weighted by molar-refractivity contribution is 7.80. The van der Waals surface area contributed by atoms with Crippen LogP contribution in [0.15, 0.2) is 54.6 Å². The van der Waals surface area contributed by atoms with Crippen LogP contribution >= 0.6 is 23.8 Å². The Morgan fingerprint density at radius 3 is 2.43 bits per heavy atom. The number of hydrogen-bond acceptors (Lipinski definition) is 4. The second-order valence-corrected chi connectivity index (χ2v) is 10.5. The molecule has 1 fully saturated rings. The van der Waals surface area contributed by atoms with Gasteiger partial charge in [-0.15, -0.1) is 0 Å². The molecule has 0 spiro atoms. The van der Waals surface area contributed by atoms with Crippen LogP contribution in [-0.2, 0) is 24.6 Å².